The van der Waals surface area contributed by atoms with Crippen molar-refractivity contribution in [3.63, 3.8) is 0 Å². The van der Waals surface area contributed by atoms with Gasteiger partial charge < -0.3 is 19.7 Å². The van der Waals surface area contributed by atoms with Crippen molar-refractivity contribution in [1.29, 1.82) is 0 Å². The minimum atomic E-state index is -0.385. The zero-order valence-electron chi connectivity index (χ0n) is 20.7. The number of anilines is 1. The highest BCUT2D eigenvalue weighted by atomic mass is 16.5. The van der Waals surface area contributed by atoms with E-state index < -0.39 is 0 Å². The van der Waals surface area contributed by atoms with Crippen LogP contribution in [0.2, 0.25) is 0 Å². The average Bonchev–Trinajstić information content (AvgIpc) is 3.60. The molecular weight excluding hydrogens is 446 g/mol. The average molecular weight is 482 g/mol. The van der Waals surface area contributed by atoms with E-state index in [4.69, 9.17) is 9.47 Å². The predicted molar refractivity (Wildman–Crippen MR) is 133 cm³/mol. The molecule has 1 aromatic heterocycles. The molecule has 9 nitrogen and oxygen atoms in total. The number of ether oxygens (including phenoxy) is 2. The topological polar surface area (TPSA) is 88.9 Å². The smallest absolute Gasteiger partial charge is 0.414 e. The number of rotatable bonds is 5. The van der Waals surface area contributed by atoms with E-state index in [1.807, 2.05) is 30.2 Å². The van der Waals surface area contributed by atoms with Crippen LogP contribution in [-0.2, 0) is 16.0 Å². The number of fused-ring (bicyclic) bond motifs is 1. The lowest BCUT2D eigenvalue weighted by Gasteiger charge is -2.35. The van der Waals surface area contributed by atoms with Crippen molar-refractivity contribution in [1.82, 2.24) is 20.0 Å². The number of aromatic nitrogens is 2. The van der Waals surface area contributed by atoms with Gasteiger partial charge in [0.05, 0.1) is 25.0 Å². The van der Waals surface area contributed by atoms with Gasteiger partial charge in [0.15, 0.2) is 6.61 Å². The Morgan fingerprint density at radius 3 is 2.66 bits per heavy atom. The Hall–Kier alpha value is -3.07. The molecule has 3 aliphatic rings. The first-order valence-electron chi connectivity index (χ1n) is 12.8. The lowest BCUT2D eigenvalue weighted by atomic mass is 9.92. The molecule has 1 N–H and O–H groups in total. The molecule has 0 saturated carbocycles. The van der Waals surface area contributed by atoms with Crippen molar-refractivity contribution in [2.75, 3.05) is 44.8 Å². The number of benzene rings is 1. The third kappa shape index (κ3) is 4.74. The van der Waals surface area contributed by atoms with Gasteiger partial charge >= 0.3 is 6.09 Å². The fourth-order valence-electron chi connectivity index (χ4n) is 5.51. The summed E-state index contributed by atoms with van der Waals surface area (Å²) >= 11 is 0. The number of amides is 2. The molecule has 3 aliphatic heterocycles. The van der Waals surface area contributed by atoms with E-state index in [-0.39, 0.29) is 24.6 Å². The minimum absolute atomic E-state index is 0.00505. The summed E-state index contributed by atoms with van der Waals surface area (Å²) in [6, 6.07) is 4.34. The van der Waals surface area contributed by atoms with E-state index in [1.54, 1.807) is 4.90 Å². The highest BCUT2D eigenvalue weighted by Gasteiger charge is 2.33. The van der Waals surface area contributed by atoms with Crippen LogP contribution in [0.3, 0.4) is 0 Å². The van der Waals surface area contributed by atoms with Crippen LogP contribution in [0.15, 0.2) is 24.5 Å². The summed E-state index contributed by atoms with van der Waals surface area (Å²) in [7, 11) is 1.40. The molecule has 5 rings (SSSR count). The van der Waals surface area contributed by atoms with Gasteiger partial charge in [0, 0.05) is 42.0 Å². The van der Waals surface area contributed by atoms with Gasteiger partial charge in [0.25, 0.3) is 5.91 Å². The second kappa shape index (κ2) is 10.3. The van der Waals surface area contributed by atoms with Gasteiger partial charge in [0.2, 0.25) is 0 Å². The first-order chi connectivity index (χ1) is 17.1. The minimum Gasteiger partial charge on any atom is -0.483 e. The molecule has 0 unspecified atom stereocenters. The summed E-state index contributed by atoms with van der Waals surface area (Å²) in [6.45, 7) is 5.57. The number of hydrogen-bond donors (Lipinski definition) is 1. The first-order valence-corrected chi connectivity index (χ1v) is 12.8. The van der Waals surface area contributed by atoms with E-state index in [2.05, 4.69) is 21.3 Å². The molecule has 2 aromatic rings. The van der Waals surface area contributed by atoms with Crippen LogP contribution in [-0.4, -0.2) is 72.6 Å². The Kier molecular flexibility index (Phi) is 6.95. The first kappa shape index (κ1) is 23.7. The molecule has 0 aliphatic carbocycles. The van der Waals surface area contributed by atoms with E-state index in [0.29, 0.717) is 11.8 Å². The fourth-order valence-corrected chi connectivity index (χ4v) is 5.51. The van der Waals surface area contributed by atoms with Gasteiger partial charge in [-0.15, -0.1) is 0 Å². The van der Waals surface area contributed by atoms with Crippen molar-refractivity contribution >= 4 is 17.7 Å². The largest absolute Gasteiger partial charge is 0.483 e. The van der Waals surface area contributed by atoms with Crippen molar-refractivity contribution in [3.8, 4) is 16.9 Å². The summed E-state index contributed by atoms with van der Waals surface area (Å²) in [4.78, 5) is 29.0. The molecule has 2 saturated heterocycles. The number of hydrogen-bond acceptors (Lipinski definition) is 6. The van der Waals surface area contributed by atoms with Gasteiger partial charge in [-0.1, -0.05) is 0 Å². The maximum atomic E-state index is 12.8. The van der Waals surface area contributed by atoms with Gasteiger partial charge in [-0.2, -0.15) is 5.10 Å². The van der Waals surface area contributed by atoms with Gasteiger partial charge in [-0.25, -0.2) is 4.79 Å². The Balaban J connectivity index is 1.50. The van der Waals surface area contributed by atoms with E-state index in [1.165, 1.54) is 7.11 Å². The van der Waals surface area contributed by atoms with Gasteiger partial charge in [0.1, 0.15) is 5.75 Å². The molecular formula is C26H35N5O4. The Bertz CT molecular complexity index is 1070. The number of methoxy groups -OCH3 is 1. The number of nitrogens with zero attached hydrogens (tertiary/aromatic N) is 4. The molecule has 0 radical (unpaired) electrons. The number of carbonyl (C=O) groups excluding carboxylic acids is 2. The quantitative estimate of drug-likeness (QED) is 0.704. The normalized spacial score (nSPS) is 20.6. The molecule has 4 heterocycles. The highest BCUT2D eigenvalue weighted by Crippen LogP contribution is 2.43. The number of nitrogens with one attached hydrogen (secondary N) is 1. The number of carbonyl (C=O) groups is 2. The maximum Gasteiger partial charge on any atom is 0.414 e. The second-order valence-corrected chi connectivity index (χ2v) is 9.73. The van der Waals surface area contributed by atoms with E-state index in [9.17, 15) is 9.59 Å². The standard InChI is InChI=1S/C26H35N5O4/c1-18-5-6-22-23(31(18)26(33)34-2)8-7-21(25(22)35-17-24(32)29-13-3-4-14-29)19-15-28-30(16-19)20-9-11-27-12-10-20/h7-8,15-16,18,20,27H,3-6,9-14,17H2,1-2H3/t18-/m0/s1. The van der Waals surface area contributed by atoms with Gasteiger partial charge in [-0.3, -0.25) is 14.4 Å². The molecule has 9 heteroatoms. The molecule has 2 amide bonds. The van der Waals surface area contributed by atoms with E-state index >= 15 is 0 Å². The molecule has 2 fully saturated rings. The van der Waals surface area contributed by atoms with Crippen molar-refractivity contribution < 1.29 is 19.1 Å². The zero-order valence-corrected chi connectivity index (χ0v) is 20.7. The van der Waals surface area contributed by atoms with E-state index in [0.717, 1.165) is 87.1 Å². The molecule has 35 heavy (non-hydrogen) atoms. The third-order valence-electron chi connectivity index (χ3n) is 7.51. The molecule has 188 valence electrons. The number of likely N-dealkylation sites (tertiary alicyclic amines) is 1. The Morgan fingerprint density at radius 2 is 1.91 bits per heavy atom. The Morgan fingerprint density at radius 1 is 1.14 bits per heavy atom. The monoisotopic (exact) mass is 481 g/mol. The third-order valence-corrected chi connectivity index (χ3v) is 7.51. The summed E-state index contributed by atoms with van der Waals surface area (Å²) < 4.78 is 13.4. The van der Waals surface area contributed by atoms with Crippen LogP contribution in [0.4, 0.5) is 10.5 Å². The van der Waals surface area contributed by atoms with Gasteiger partial charge in [-0.05, 0) is 70.7 Å². The second-order valence-electron chi connectivity index (χ2n) is 9.73. The maximum absolute atomic E-state index is 12.8. The van der Waals surface area contributed by atoms with Crippen LogP contribution in [0.25, 0.3) is 11.1 Å². The van der Waals surface area contributed by atoms with Crippen LogP contribution in [0, 0.1) is 0 Å². The predicted octanol–water partition coefficient (Wildman–Crippen LogP) is 3.38. The van der Waals surface area contributed by atoms with Crippen molar-refractivity contribution in [2.24, 2.45) is 0 Å². The molecule has 0 spiro atoms. The van der Waals surface area contributed by atoms with Crippen LogP contribution >= 0.6 is 0 Å². The SMILES string of the molecule is COC(=O)N1c2ccc(-c3cnn(C4CCNCC4)c3)c(OCC(=O)N3CCCC3)c2CC[C@@H]1C. The lowest BCUT2D eigenvalue weighted by Crippen LogP contribution is -2.42. The highest BCUT2D eigenvalue weighted by molar-refractivity contribution is 5.92. The fraction of sp³-hybridized carbons (Fsp3) is 0.577. The van der Waals surface area contributed by atoms with Crippen LogP contribution in [0.1, 0.15) is 50.6 Å². The summed E-state index contributed by atoms with van der Waals surface area (Å²) in [5.41, 5.74) is 3.58. The Labute approximate surface area is 206 Å². The lowest BCUT2D eigenvalue weighted by molar-refractivity contribution is -0.132. The molecule has 1 atom stereocenters. The number of piperidine rings is 1. The van der Waals surface area contributed by atoms with Crippen molar-refractivity contribution in [3.05, 3.63) is 30.1 Å². The summed E-state index contributed by atoms with van der Waals surface area (Å²) in [6.07, 6.45) is 9.29. The van der Waals surface area contributed by atoms with Crippen molar-refractivity contribution in [2.45, 2.75) is 57.5 Å². The summed E-state index contributed by atoms with van der Waals surface area (Å²) in [5, 5.41) is 8.07. The zero-order chi connectivity index (χ0) is 24.4. The molecule has 1 aromatic carbocycles. The molecule has 0 bridgehead atoms. The summed E-state index contributed by atoms with van der Waals surface area (Å²) in [5.74, 6) is 0.672. The van der Waals surface area contributed by atoms with Crippen LogP contribution in [0.5, 0.6) is 5.75 Å². The van der Waals surface area contributed by atoms with Crippen LogP contribution < -0.4 is 15.0 Å².